The third kappa shape index (κ3) is 5.64. The molecule has 3 amide bonds. The molecule has 8 nitrogen and oxygen atoms in total. The molecule has 0 spiro atoms. The lowest BCUT2D eigenvalue weighted by molar-refractivity contribution is -0.119. The number of hydrogen-bond acceptors (Lipinski definition) is 6. The predicted molar refractivity (Wildman–Crippen MR) is 118 cm³/mol. The number of thiophene rings is 1. The summed E-state index contributed by atoms with van der Waals surface area (Å²) in [5, 5.41) is 6.14. The molecule has 0 aromatic carbocycles. The largest absolute Gasteiger partial charge is 0.365 e. The quantitative estimate of drug-likeness (QED) is 0.595. The Kier molecular flexibility index (Phi) is 7.17. The Hall–Kier alpha value is -2.78. The number of rotatable bonds is 8. The van der Waals surface area contributed by atoms with Crippen molar-refractivity contribution in [1.29, 1.82) is 0 Å². The highest BCUT2D eigenvalue weighted by Crippen LogP contribution is 2.37. The molecular formula is C21H27N5O3S. The Morgan fingerprint density at radius 2 is 1.93 bits per heavy atom. The van der Waals surface area contributed by atoms with Crippen LogP contribution in [0, 0.1) is 6.92 Å². The average Bonchev–Trinajstić information content (AvgIpc) is 3.04. The van der Waals surface area contributed by atoms with Crippen LogP contribution in [0.5, 0.6) is 0 Å². The standard InChI is InChI=1S/C21H27N5O3S/c1-13-6-5-9-16(23-13)24-18(28)12-26(2)11-10-17(27)25-21-19(20(22)29)14-7-3-4-8-15(14)30-21/h5-6,9H,3-4,7-8,10-12H2,1-2H3,(H2,22,29)(H,25,27)(H,23,24,28). The molecule has 1 aliphatic rings. The molecule has 0 saturated carbocycles. The maximum absolute atomic E-state index is 12.4. The second kappa shape index (κ2) is 9.82. The first-order chi connectivity index (χ1) is 14.3. The number of nitrogens with one attached hydrogen (secondary N) is 2. The van der Waals surface area contributed by atoms with Crippen LogP contribution < -0.4 is 16.4 Å². The number of aromatic nitrogens is 1. The van der Waals surface area contributed by atoms with Gasteiger partial charge in [-0.25, -0.2) is 4.98 Å². The molecule has 0 saturated heterocycles. The van der Waals surface area contributed by atoms with Gasteiger partial charge in [0.25, 0.3) is 5.91 Å². The summed E-state index contributed by atoms with van der Waals surface area (Å²) in [7, 11) is 1.77. The van der Waals surface area contributed by atoms with Crippen molar-refractivity contribution in [2.24, 2.45) is 5.73 Å². The first-order valence-corrected chi connectivity index (χ1v) is 10.8. The van der Waals surface area contributed by atoms with E-state index in [4.69, 9.17) is 5.73 Å². The molecule has 160 valence electrons. The molecule has 3 rings (SSSR count). The van der Waals surface area contributed by atoms with Crippen molar-refractivity contribution in [2.75, 3.05) is 30.8 Å². The number of likely N-dealkylation sites (N-methyl/N-ethyl adjacent to an activating group) is 1. The number of aryl methyl sites for hydroxylation is 2. The second-order valence-corrected chi connectivity index (χ2v) is 8.63. The van der Waals surface area contributed by atoms with Crippen molar-refractivity contribution in [3.05, 3.63) is 39.9 Å². The number of amides is 3. The lowest BCUT2D eigenvalue weighted by Gasteiger charge is -2.16. The number of nitrogens with two attached hydrogens (primary N) is 1. The van der Waals surface area contributed by atoms with Gasteiger partial charge in [0.2, 0.25) is 11.8 Å². The molecule has 9 heteroatoms. The van der Waals surface area contributed by atoms with Crippen molar-refractivity contribution in [3.63, 3.8) is 0 Å². The van der Waals surface area contributed by atoms with Gasteiger partial charge in [0, 0.05) is 23.5 Å². The monoisotopic (exact) mass is 429 g/mol. The predicted octanol–water partition coefficient (Wildman–Crippen LogP) is 2.33. The molecule has 0 aliphatic heterocycles. The van der Waals surface area contributed by atoms with E-state index in [0.717, 1.165) is 41.8 Å². The van der Waals surface area contributed by atoms with Crippen LogP contribution in [0.15, 0.2) is 18.2 Å². The number of carbonyl (C=O) groups excluding carboxylic acids is 3. The minimum atomic E-state index is -0.497. The molecular weight excluding hydrogens is 402 g/mol. The Morgan fingerprint density at radius 1 is 1.17 bits per heavy atom. The van der Waals surface area contributed by atoms with Crippen LogP contribution in [0.1, 0.15) is 45.8 Å². The number of primary amides is 1. The summed E-state index contributed by atoms with van der Waals surface area (Å²) in [6, 6.07) is 5.41. The fourth-order valence-corrected chi connectivity index (χ4v) is 4.83. The van der Waals surface area contributed by atoms with E-state index in [9.17, 15) is 14.4 Å². The zero-order valence-corrected chi connectivity index (χ0v) is 18.1. The summed E-state index contributed by atoms with van der Waals surface area (Å²) in [4.78, 5) is 43.6. The smallest absolute Gasteiger partial charge is 0.251 e. The van der Waals surface area contributed by atoms with Gasteiger partial charge in [-0.05, 0) is 57.4 Å². The second-order valence-electron chi connectivity index (χ2n) is 7.53. The van der Waals surface area contributed by atoms with Crippen LogP contribution in [0.2, 0.25) is 0 Å². The van der Waals surface area contributed by atoms with E-state index in [1.807, 2.05) is 19.1 Å². The Labute approximate surface area is 179 Å². The van der Waals surface area contributed by atoms with Gasteiger partial charge in [0.1, 0.15) is 10.8 Å². The minimum absolute atomic E-state index is 0.142. The van der Waals surface area contributed by atoms with Crippen LogP contribution in [-0.2, 0) is 22.4 Å². The topological polar surface area (TPSA) is 117 Å². The van der Waals surface area contributed by atoms with Gasteiger partial charge < -0.3 is 16.4 Å². The van der Waals surface area contributed by atoms with Crippen molar-refractivity contribution >= 4 is 39.9 Å². The number of fused-ring (bicyclic) bond motifs is 1. The van der Waals surface area contributed by atoms with E-state index in [2.05, 4.69) is 15.6 Å². The van der Waals surface area contributed by atoms with Crippen LogP contribution in [0.25, 0.3) is 0 Å². The highest BCUT2D eigenvalue weighted by Gasteiger charge is 2.25. The van der Waals surface area contributed by atoms with E-state index in [1.54, 1.807) is 18.0 Å². The van der Waals surface area contributed by atoms with Gasteiger partial charge in [-0.2, -0.15) is 0 Å². The molecule has 0 unspecified atom stereocenters. The van der Waals surface area contributed by atoms with Crippen molar-refractivity contribution in [2.45, 2.75) is 39.0 Å². The summed E-state index contributed by atoms with van der Waals surface area (Å²) in [5.41, 5.74) is 7.84. The van der Waals surface area contributed by atoms with E-state index in [1.165, 1.54) is 11.3 Å². The molecule has 2 aromatic heterocycles. The zero-order valence-electron chi connectivity index (χ0n) is 17.3. The molecule has 0 radical (unpaired) electrons. The average molecular weight is 430 g/mol. The molecule has 4 N–H and O–H groups in total. The van der Waals surface area contributed by atoms with E-state index in [-0.39, 0.29) is 24.8 Å². The van der Waals surface area contributed by atoms with Crippen LogP contribution in [-0.4, -0.2) is 47.7 Å². The van der Waals surface area contributed by atoms with E-state index in [0.29, 0.717) is 22.9 Å². The number of hydrogen-bond donors (Lipinski definition) is 3. The first kappa shape index (κ1) is 21.9. The van der Waals surface area contributed by atoms with Crippen molar-refractivity contribution in [3.8, 4) is 0 Å². The third-order valence-electron chi connectivity index (χ3n) is 4.96. The van der Waals surface area contributed by atoms with Crippen LogP contribution in [0.4, 0.5) is 10.8 Å². The van der Waals surface area contributed by atoms with Gasteiger partial charge in [0.05, 0.1) is 12.1 Å². The van der Waals surface area contributed by atoms with Crippen LogP contribution >= 0.6 is 11.3 Å². The fraction of sp³-hybridized carbons (Fsp3) is 0.429. The van der Waals surface area contributed by atoms with Gasteiger partial charge in [-0.3, -0.25) is 19.3 Å². The van der Waals surface area contributed by atoms with E-state index < -0.39 is 5.91 Å². The van der Waals surface area contributed by atoms with Crippen LogP contribution in [0.3, 0.4) is 0 Å². The first-order valence-electron chi connectivity index (χ1n) is 9.99. The Bertz CT molecular complexity index is 956. The van der Waals surface area contributed by atoms with Crippen molar-refractivity contribution in [1.82, 2.24) is 9.88 Å². The molecule has 2 heterocycles. The maximum atomic E-state index is 12.4. The number of nitrogens with zero attached hydrogens (tertiary/aromatic N) is 2. The lowest BCUT2D eigenvalue weighted by Crippen LogP contribution is -2.32. The number of anilines is 2. The SMILES string of the molecule is Cc1cccc(NC(=O)CN(C)CCC(=O)Nc2sc3c(c2C(N)=O)CCCC3)n1. The molecule has 1 aliphatic carbocycles. The molecule has 0 atom stereocenters. The summed E-state index contributed by atoms with van der Waals surface area (Å²) in [6.07, 6.45) is 4.07. The summed E-state index contributed by atoms with van der Waals surface area (Å²) >= 11 is 1.45. The zero-order chi connectivity index (χ0) is 21.7. The fourth-order valence-electron chi connectivity index (χ4n) is 3.52. The molecule has 30 heavy (non-hydrogen) atoms. The van der Waals surface area contributed by atoms with Crippen molar-refractivity contribution < 1.29 is 14.4 Å². The number of pyridine rings is 1. The highest BCUT2D eigenvalue weighted by molar-refractivity contribution is 7.17. The maximum Gasteiger partial charge on any atom is 0.251 e. The van der Waals surface area contributed by atoms with E-state index >= 15 is 0 Å². The Balaban J connectivity index is 1.50. The third-order valence-corrected chi connectivity index (χ3v) is 6.17. The number of carbonyl (C=O) groups is 3. The normalized spacial score (nSPS) is 13.0. The summed E-state index contributed by atoms with van der Waals surface area (Å²) in [5.74, 6) is -0.392. The lowest BCUT2D eigenvalue weighted by atomic mass is 9.95. The van der Waals surface area contributed by atoms with Gasteiger partial charge in [0.15, 0.2) is 0 Å². The molecule has 0 bridgehead atoms. The Morgan fingerprint density at radius 3 is 2.67 bits per heavy atom. The highest BCUT2D eigenvalue weighted by atomic mass is 32.1. The van der Waals surface area contributed by atoms with Gasteiger partial charge in [-0.1, -0.05) is 6.07 Å². The minimum Gasteiger partial charge on any atom is -0.365 e. The summed E-state index contributed by atoms with van der Waals surface area (Å²) < 4.78 is 0. The molecule has 2 aromatic rings. The summed E-state index contributed by atoms with van der Waals surface area (Å²) in [6.45, 7) is 2.40. The van der Waals surface area contributed by atoms with Gasteiger partial charge in [-0.15, -0.1) is 11.3 Å². The molecule has 0 fully saturated rings. The van der Waals surface area contributed by atoms with Gasteiger partial charge >= 0.3 is 0 Å².